The fourth-order valence-electron chi connectivity index (χ4n) is 6.31. The number of carbonyl (C=O) groups excluding carboxylic acids is 3. The Labute approximate surface area is 243 Å². The number of hydrogen-bond acceptors (Lipinski definition) is 3. The lowest BCUT2D eigenvalue weighted by Crippen LogP contribution is -2.51. The summed E-state index contributed by atoms with van der Waals surface area (Å²) < 4.78 is 0. The number of nitrogens with zero attached hydrogens (tertiary/aromatic N) is 1. The van der Waals surface area contributed by atoms with Crippen molar-refractivity contribution in [1.29, 1.82) is 0 Å². The highest BCUT2D eigenvalue weighted by atomic mass is 16.2. The molecule has 0 spiro atoms. The summed E-state index contributed by atoms with van der Waals surface area (Å²) >= 11 is 0. The van der Waals surface area contributed by atoms with Crippen molar-refractivity contribution in [1.82, 2.24) is 10.2 Å². The van der Waals surface area contributed by atoms with Gasteiger partial charge in [0.2, 0.25) is 17.7 Å². The Hall–Kier alpha value is -3.93. The van der Waals surface area contributed by atoms with Crippen molar-refractivity contribution in [2.75, 3.05) is 6.54 Å². The van der Waals surface area contributed by atoms with Crippen LogP contribution in [0.1, 0.15) is 56.9 Å². The Morgan fingerprint density at radius 1 is 0.927 bits per heavy atom. The van der Waals surface area contributed by atoms with Crippen LogP contribution in [0.4, 0.5) is 0 Å². The molecule has 1 aliphatic heterocycles. The first-order chi connectivity index (χ1) is 19.9. The second-order valence-electron chi connectivity index (χ2n) is 11.8. The van der Waals surface area contributed by atoms with Gasteiger partial charge in [-0.2, -0.15) is 0 Å². The number of allylic oxidation sites excluding steroid dienone is 1. The van der Waals surface area contributed by atoms with Gasteiger partial charge in [0.1, 0.15) is 6.04 Å². The minimum atomic E-state index is -0.608. The zero-order valence-corrected chi connectivity index (χ0v) is 23.8. The number of hydrogen-bond donors (Lipinski definition) is 2. The molecule has 1 aliphatic carbocycles. The van der Waals surface area contributed by atoms with Gasteiger partial charge in [-0.15, -0.1) is 6.58 Å². The summed E-state index contributed by atoms with van der Waals surface area (Å²) in [4.78, 5) is 41.5. The first-order valence-corrected chi connectivity index (χ1v) is 15.0. The van der Waals surface area contributed by atoms with Gasteiger partial charge < -0.3 is 16.0 Å². The summed E-state index contributed by atoms with van der Waals surface area (Å²) in [5.74, 6) is -1.50. The van der Waals surface area contributed by atoms with Crippen LogP contribution in [0.3, 0.4) is 0 Å². The van der Waals surface area contributed by atoms with Crippen LogP contribution in [0.2, 0.25) is 0 Å². The van der Waals surface area contributed by atoms with Crippen LogP contribution in [-0.4, -0.2) is 35.2 Å². The van der Waals surface area contributed by atoms with Crippen LogP contribution in [-0.2, 0) is 20.9 Å². The third-order valence-electron chi connectivity index (χ3n) is 8.90. The predicted molar refractivity (Wildman–Crippen MR) is 164 cm³/mol. The molecule has 3 N–H and O–H groups in total. The highest BCUT2D eigenvalue weighted by Gasteiger charge is 2.37. The molecule has 214 valence electrons. The fraction of sp³-hybridized carbons (Fsp3) is 0.400. The van der Waals surface area contributed by atoms with E-state index in [4.69, 9.17) is 5.73 Å². The topological polar surface area (TPSA) is 92.5 Å². The summed E-state index contributed by atoms with van der Waals surface area (Å²) in [7, 11) is 0. The summed E-state index contributed by atoms with van der Waals surface area (Å²) in [5.41, 5.74) is 9.03. The number of nitrogens with one attached hydrogen (secondary N) is 1. The van der Waals surface area contributed by atoms with Gasteiger partial charge >= 0.3 is 0 Å². The lowest BCUT2D eigenvalue weighted by Gasteiger charge is -2.33. The highest BCUT2D eigenvalue weighted by molar-refractivity contribution is 5.91. The van der Waals surface area contributed by atoms with Crippen molar-refractivity contribution in [3.05, 3.63) is 84.9 Å². The lowest BCUT2D eigenvalue weighted by molar-refractivity contribution is -0.139. The number of amides is 3. The second kappa shape index (κ2) is 13.2. The molecule has 2 fully saturated rings. The van der Waals surface area contributed by atoms with Crippen LogP contribution in [0, 0.1) is 17.8 Å². The standard InChI is InChI=1S/C35H41N3O3/c1-2-9-30(33(36)39)31(21-24-10-7-11-24)34(40)37-32-16-5-6-19-38(35(32)41)23-25-12-8-15-27(20-25)29-18-17-26-13-3-4-14-28(26)22-29/h2-4,8,12-15,17-18,20,22,24,30-32H,1,5-7,9-11,16,19,21,23H2,(H2,36,39)(H,37,40)/t30-,31+,32-/m0/s1. The normalized spacial score (nSPS) is 19.2. The first-order valence-electron chi connectivity index (χ1n) is 15.0. The monoisotopic (exact) mass is 551 g/mol. The number of fused-ring (bicyclic) bond motifs is 1. The molecule has 3 amide bonds. The molecule has 1 saturated carbocycles. The van der Waals surface area contributed by atoms with Gasteiger partial charge in [-0.05, 0) is 77.6 Å². The van der Waals surface area contributed by atoms with Crippen molar-refractivity contribution in [2.24, 2.45) is 23.5 Å². The van der Waals surface area contributed by atoms with E-state index < -0.39 is 23.8 Å². The first kappa shape index (κ1) is 28.6. The van der Waals surface area contributed by atoms with Gasteiger partial charge in [0.25, 0.3) is 0 Å². The van der Waals surface area contributed by atoms with Crippen molar-refractivity contribution < 1.29 is 14.4 Å². The molecule has 5 rings (SSSR count). The zero-order valence-electron chi connectivity index (χ0n) is 23.8. The lowest BCUT2D eigenvalue weighted by atomic mass is 9.74. The summed E-state index contributed by atoms with van der Waals surface area (Å²) in [6, 6.07) is 22.5. The molecular formula is C35H41N3O3. The largest absolute Gasteiger partial charge is 0.369 e. The number of likely N-dealkylation sites (tertiary alicyclic amines) is 1. The molecule has 0 radical (unpaired) electrons. The maximum atomic E-state index is 13.7. The molecule has 41 heavy (non-hydrogen) atoms. The van der Waals surface area contributed by atoms with E-state index in [2.05, 4.69) is 60.4 Å². The van der Waals surface area contributed by atoms with E-state index in [9.17, 15) is 14.4 Å². The molecule has 3 aromatic carbocycles. The maximum absolute atomic E-state index is 13.7. The molecule has 3 aromatic rings. The second-order valence-corrected chi connectivity index (χ2v) is 11.8. The molecule has 2 aliphatic rings. The Morgan fingerprint density at radius 3 is 2.44 bits per heavy atom. The molecule has 3 atom stereocenters. The third-order valence-corrected chi connectivity index (χ3v) is 8.90. The van der Waals surface area contributed by atoms with Gasteiger partial charge in [-0.3, -0.25) is 14.4 Å². The quantitative estimate of drug-likeness (QED) is 0.287. The SMILES string of the molecule is C=CC[C@H](C(N)=O)[C@@H](CC1CCC1)C(=O)N[C@H]1CCCCN(Cc2cccc(-c3ccc4ccccc4c3)c2)C1=O. The molecule has 6 nitrogen and oxygen atoms in total. The van der Waals surface area contributed by atoms with Gasteiger partial charge in [0.05, 0.1) is 11.8 Å². The number of benzene rings is 3. The zero-order chi connectivity index (χ0) is 28.8. The van der Waals surface area contributed by atoms with Crippen LogP contribution in [0.15, 0.2) is 79.4 Å². The number of rotatable bonds is 11. The van der Waals surface area contributed by atoms with E-state index in [1.165, 1.54) is 10.8 Å². The van der Waals surface area contributed by atoms with E-state index >= 15 is 0 Å². The van der Waals surface area contributed by atoms with Crippen LogP contribution >= 0.6 is 0 Å². The van der Waals surface area contributed by atoms with E-state index in [1.807, 2.05) is 23.1 Å². The molecule has 1 heterocycles. The predicted octanol–water partition coefficient (Wildman–Crippen LogP) is 5.99. The maximum Gasteiger partial charge on any atom is 0.245 e. The van der Waals surface area contributed by atoms with E-state index in [1.54, 1.807) is 6.08 Å². The molecular weight excluding hydrogens is 510 g/mol. The summed E-state index contributed by atoms with van der Waals surface area (Å²) in [6.07, 6.45) is 8.25. The number of nitrogens with two attached hydrogens (primary N) is 1. The van der Waals surface area contributed by atoms with E-state index in [-0.39, 0.29) is 11.8 Å². The molecule has 1 saturated heterocycles. The van der Waals surface area contributed by atoms with Crippen LogP contribution < -0.4 is 11.1 Å². The molecule has 0 unspecified atom stereocenters. The number of primary amides is 1. The van der Waals surface area contributed by atoms with Crippen LogP contribution in [0.5, 0.6) is 0 Å². The summed E-state index contributed by atoms with van der Waals surface area (Å²) in [5, 5.41) is 5.45. The van der Waals surface area contributed by atoms with Crippen molar-refractivity contribution >= 4 is 28.5 Å². The Balaban J connectivity index is 1.30. The van der Waals surface area contributed by atoms with E-state index in [0.29, 0.717) is 38.3 Å². The molecule has 6 heteroatoms. The van der Waals surface area contributed by atoms with Crippen LogP contribution in [0.25, 0.3) is 21.9 Å². The van der Waals surface area contributed by atoms with Crippen molar-refractivity contribution in [3.63, 3.8) is 0 Å². The van der Waals surface area contributed by atoms with Gasteiger partial charge in [-0.1, -0.05) is 79.9 Å². The minimum Gasteiger partial charge on any atom is -0.369 e. The Bertz CT molecular complexity index is 1410. The smallest absolute Gasteiger partial charge is 0.245 e. The average molecular weight is 552 g/mol. The van der Waals surface area contributed by atoms with Crippen molar-refractivity contribution in [3.8, 4) is 11.1 Å². The third kappa shape index (κ3) is 6.87. The number of carbonyl (C=O) groups is 3. The highest BCUT2D eigenvalue weighted by Crippen LogP contribution is 2.36. The van der Waals surface area contributed by atoms with Crippen molar-refractivity contribution in [2.45, 2.75) is 64.0 Å². The van der Waals surface area contributed by atoms with Gasteiger partial charge in [-0.25, -0.2) is 0 Å². The molecule has 0 aromatic heterocycles. The van der Waals surface area contributed by atoms with Gasteiger partial charge in [0, 0.05) is 13.1 Å². The Morgan fingerprint density at radius 2 is 1.71 bits per heavy atom. The van der Waals surface area contributed by atoms with E-state index in [0.717, 1.165) is 48.8 Å². The van der Waals surface area contributed by atoms with Gasteiger partial charge in [0.15, 0.2) is 0 Å². The summed E-state index contributed by atoms with van der Waals surface area (Å²) in [6.45, 7) is 4.90. The Kier molecular flexibility index (Phi) is 9.17. The fourth-order valence-corrected chi connectivity index (χ4v) is 6.31. The minimum absolute atomic E-state index is 0.0614. The molecule has 0 bridgehead atoms. The average Bonchev–Trinajstić information content (AvgIpc) is 3.12.